The number of nitrogens with two attached hydrogens (primary N) is 1. The highest BCUT2D eigenvalue weighted by Gasteiger charge is 2.29. The molecule has 1 fully saturated rings. The van der Waals surface area contributed by atoms with Crippen LogP contribution in [0.3, 0.4) is 0 Å². The van der Waals surface area contributed by atoms with E-state index in [1.807, 2.05) is 0 Å². The molecule has 0 bridgehead atoms. The lowest BCUT2D eigenvalue weighted by atomic mass is 10.2. The molecule has 1 aliphatic heterocycles. The average molecular weight is 359 g/mol. The zero-order valence-electron chi connectivity index (χ0n) is 13.5. The third-order valence-electron chi connectivity index (χ3n) is 3.88. The molecule has 2 N–H and O–H groups in total. The molecule has 7 nitrogen and oxygen atoms in total. The summed E-state index contributed by atoms with van der Waals surface area (Å²) in [4.78, 5) is 13.8. The maximum atomic E-state index is 13.0. The van der Waals surface area contributed by atoms with Crippen molar-refractivity contribution in [3.05, 3.63) is 30.1 Å². The van der Waals surface area contributed by atoms with Gasteiger partial charge in [-0.15, -0.1) is 0 Å². The van der Waals surface area contributed by atoms with E-state index in [0.717, 1.165) is 12.1 Å². The molecular formula is C15H22FN3O4S. The second-order valence-electron chi connectivity index (χ2n) is 5.60. The molecule has 2 rings (SSSR count). The first-order chi connectivity index (χ1) is 11.4. The molecule has 24 heavy (non-hydrogen) atoms. The Morgan fingerprint density at radius 1 is 1.25 bits per heavy atom. The van der Waals surface area contributed by atoms with Crippen molar-refractivity contribution in [2.75, 3.05) is 39.9 Å². The Morgan fingerprint density at radius 2 is 1.92 bits per heavy atom. The Morgan fingerprint density at radius 3 is 2.54 bits per heavy atom. The summed E-state index contributed by atoms with van der Waals surface area (Å²) in [6, 6.07) is 3.96. The van der Waals surface area contributed by atoms with Gasteiger partial charge < -0.3 is 15.4 Å². The van der Waals surface area contributed by atoms with E-state index in [-0.39, 0.29) is 30.5 Å². The number of methoxy groups -OCH3 is 1. The first-order valence-electron chi connectivity index (χ1n) is 7.65. The first kappa shape index (κ1) is 18.8. The molecule has 9 heteroatoms. The molecule has 134 valence electrons. The van der Waals surface area contributed by atoms with Crippen LogP contribution in [0.1, 0.15) is 6.42 Å². The maximum absolute atomic E-state index is 13.0. The van der Waals surface area contributed by atoms with Gasteiger partial charge >= 0.3 is 0 Å². The number of nitrogens with zero attached hydrogens (tertiary/aromatic N) is 2. The van der Waals surface area contributed by atoms with Crippen molar-refractivity contribution in [3.8, 4) is 0 Å². The van der Waals surface area contributed by atoms with Crippen molar-refractivity contribution >= 4 is 15.9 Å². The van der Waals surface area contributed by atoms with E-state index >= 15 is 0 Å². The monoisotopic (exact) mass is 359 g/mol. The smallest absolute Gasteiger partial charge is 0.243 e. The molecule has 0 radical (unpaired) electrons. The molecule has 1 aromatic carbocycles. The van der Waals surface area contributed by atoms with Gasteiger partial charge in [0.2, 0.25) is 15.9 Å². The van der Waals surface area contributed by atoms with Crippen molar-refractivity contribution in [1.29, 1.82) is 0 Å². The molecule has 1 aliphatic rings. The van der Waals surface area contributed by atoms with Gasteiger partial charge in [0, 0.05) is 33.3 Å². The summed E-state index contributed by atoms with van der Waals surface area (Å²) in [6.45, 7) is 1.28. The van der Waals surface area contributed by atoms with Crippen molar-refractivity contribution in [2.24, 2.45) is 5.73 Å². The van der Waals surface area contributed by atoms with Gasteiger partial charge in [0.15, 0.2) is 0 Å². The largest absolute Gasteiger partial charge is 0.383 e. The highest BCUT2D eigenvalue weighted by atomic mass is 32.2. The van der Waals surface area contributed by atoms with Gasteiger partial charge in [-0.2, -0.15) is 4.31 Å². The fourth-order valence-electron chi connectivity index (χ4n) is 2.60. The van der Waals surface area contributed by atoms with E-state index in [2.05, 4.69) is 0 Å². The quantitative estimate of drug-likeness (QED) is 0.800. The predicted molar refractivity (Wildman–Crippen MR) is 86.2 cm³/mol. The molecular weight excluding hydrogens is 337 g/mol. The minimum Gasteiger partial charge on any atom is -0.383 e. The summed E-state index contributed by atoms with van der Waals surface area (Å²) in [5.74, 6) is -0.744. The van der Waals surface area contributed by atoms with Crippen molar-refractivity contribution < 1.29 is 22.3 Å². The lowest BCUT2D eigenvalue weighted by Crippen LogP contribution is -2.47. The number of halogens is 1. The van der Waals surface area contributed by atoms with E-state index < -0.39 is 21.9 Å². The van der Waals surface area contributed by atoms with Crippen LogP contribution < -0.4 is 5.73 Å². The molecule has 0 aromatic heterocycles. The Balaban J connectivity index is 2.07. The summed E-state index contributed by atoms with van der Waals surface area (Å²) < 4.78 is 44.4. The van der Waals surface area contributed by atoms with Gasteiger partial charge in [0.25, 0.3) is 0 Å². The molecule has 1 atom stereocenters. The highest BCUT2D eigenvalue weighted by molar-refractivity contribution is 7.89. The van der Waals surface area contributed by atoms with E-state index in [9.17, 15) is 17.6 Å². The zero-order valence-corrected chi connectivity index (χ0v) is 14.3. The van der Waals surface area contributed by atoms with Gasteiger partial charge in [-0.3, -0.25) is 4.79 Å². The van der Waals surface area contributed by atoms with Crippen LogP contribution in [0.2, 0.25) is 0 Å². The lowest BCUT2D eigenvalue weighted by Gasteiger charge is -2.24. The van der Waals surface area contributed by atoms with Crippen LogP contribution in [0.15, 0.2) is 29.2 Å². The van der Waals surface area contributed by atoms with E-state index in [4.69, 9.17) is 10.5 Å². The topological polar surface area (TPSA) is 92.9 Å². The van der Waals surface area contributed by atoms with Crippen LogP contribution in [0.25, 0.3) is 0 Å². The van der Waals surface area contributed by atoms with Crippen LogP contribution in [0, 0.1) is 5.82 Å². The van der Waals surface area contributed by atoms with Crippen LogP contribution in [0.5, 0.6) is 0 Å². The summed E-state index contributed by atoms with van der Waals surface area (Å²) in [7, 11) is -2.24. The highest BCUT2D eigenvalue weighted by Crippen LogP contribution is 2.18. The van der Waals surface area contributed by atoms with Gasteiger partial charge in [-0.25, -0.2) is 12.8 Å². The summed E-state index contributed by atoms with van der Waals surface area (Å²) in [5.41, 5.74) is 5.75. The van der Waals surface area contributed by atoms with Gasteiger partial charge in [0.1, 0.15) is 11.9 Å². The van der Waals surface area contributed by atoms with E-state index in [0.29, 0.717) is 19.5 Å². The summed E-state index contributed by atoms with van der Waals surface area (Å²) in [6.07, 6.45) is 0.506. The second-order valence-corrected chi connectivity index (χ2v) is 7.54. The van der Waals surface area contributed by atoms with Crippen LogP contribution in [-0.2, 0) is 19.6 Å². The average Bonchev–Trinajstić information content (AvgIpc) is 2.81. The molecule has 0 aliphatic carbocycles. The third-order valence-corrected chi connectivity index (χ3v) is 5.79. The molecule has 1 unspecified atom stereocenters. The van der Waals surface area contributed by atoms with E-state index in [1.54, 1.807) is 4.90 Å². The Kier molecular flexibility index (Phi) is 6.27. The number of benzene rings is 1. The van der Waals surface area contributed by atoms with Crippen LogP contribution >= 0.6 is 0 Å². The second kappa shape index (κ2) is 8.02. The Hall–Kier alpha value is -1.55. The van der Waals surface area contributed by atoms with Crippen LogP contribution in [0.4, 0.5) is 4.39 Å². The molecule has 0 saturated carbocycles. The number of carbonyl (C=O) groups excluding carboxylic acids is 1. The molecule has 1 aromatic rings. The fraction of sp³-hybridized carbons (Fsp3) is 0.533. The standard InChI is InChI=1S/C15H22FN3O4S/c1-23-11-14(17)15(20)18-7-2-8-19(10-9-18)24(21,22)13-5-3-12(16)4-6-13/h3-6,14H,2,7-11,17H2,1H3. The number of amides is 1. The van der Waals surface area contributed by atoms with Crippen molar-refractivity contribution in [3.63, 3.8) is 0 Å². The Bertz CT molecular complexity index is 666. The zero-order chi connectivity index (χ0) is 17.7. The fourth-order valence-corrected chi connectivity index (χ4v) is 4.07. The third kappa shape index (κ3) is 4.29. The number of carbonyl (C=O) groups is 1. The summed E-state index contributed by atoms with van der Waals surface area (Å²) >= 11 is 0. The van der Waals surface area contributed by atoms with E-state index in [1.165, 1.54) is 23.5 Å². The molecule has 1 saturated heterocycles. The Labute approximate surface area is 141 Å². The normalized spacial score (nSPS) is 18.2. The molecule has 0 spiro atoms. The maximum Gasteiger partial charge on any atom is 0.243 e. The van der Waals surface area contributed by atoms with Crippen molar-refractivity contribution in [2.45, 2.75) is 17.4 Å². The number of hydrogen-bond acceptors (Lipinski definition) is 5. The van der Waals surface area contributed by atoms with Gasteiger partial charge in [0.05, 0.1) is 11.5 Å². The van der Waals surface area contributed by atoms with Gasteiger partial charge in [-0.05, 0) is 30.7 Å². The number of hydrogen-bond donors (Lipinski definition) is 1. The minimum atomic E-state index is -3.71. The number of rotatable bonds is 5. The predicted octanol–water partition coefficient (Wildman–Crippen LogP) is 0.0224. The van der Waals surface area contributed by atoms with Gasteiger partial charge in [-0.1, -0.05) is 0 Å². The number of ether oxygens (including phenoxy) is 1. The summed E-state index contributed by atoms with van der Waals surface area (Å²) in [5, 5.41) is 0. The first-order valence-corrected chi connectivity index (χ1v) is 9.09. The van der Waals surface area contributed by atoms with Crippen molar-refractivity contribution in [1.82, 2.24) is 9.21 Å². The SMILES string of the molecule is COCC(N)C(=O)N1CCCN(S(=O)(=O)c2ccc(F)cc2)CC1. The molecule has 1 amide bonds. The molecule has 1 heterocycles. The number of sulfonamides is 1. The van der Waals surface area contributed by atoms with Crippen LogP contribution in [-0.4, -0.2) is 69.5 Å². The minimum absolute atomic E-state index is 0.0414. The lowest BCUT2D eigenvalue weighted by molar-refractivity contribution is -0.133.